The molecule has 0 bridgehead atoms. The maximum absolute atomic E-state index is 12.0. The molecular formula is C15H32N2O2S. The summed E-state index contributed by atoms with van der Waals surface area (Å²) in [5, 5.41) is 3.24. The fraction of sp³-hybridized carbons (Fsp3) is 1.00. The minimum Gasteiger partial charge on any atom is -0.317 e. The number of sulfonamides is 1. The molecule has 1 saturated carbocycles. The Hall–Kier alpha value is -0.130. The Morgan fingerprint density at radius 2 is 1.70 bits per heavy atom. The molecule has 0 radical (unpaired) electrons. The van der Waals surface area contributed by atoms with Crippen molar-refractivity contribution >= 4 is 10.0 Å². The van der Waals surface area contributed by atoms with Crippen molar-refractivity contribution in [2.24, 2.45) is 5.92 Å². The summed E-state index contributed by atoms with van der Waals surface area (Å²) in [7, 11) is -3.09. The van der Waals surface area contributed by atoms with Crippen LogP contribution in [0.4, 0.5) is 0 Å². The zero-order valence-electron chi connectivity index (χ0n) is 13.2. The highest BCUT2D eigenvalue weighted by atomic mass is 32.2. The normalized spacial score (nSPS) is 23.9. The fourth-order valence-electron chi connectivity index (χ4n) is 2.98. The van der Waals surface area contributed by atoms with Gasteiger partial charge in [0, 0.05) is 6.04 Å². The highest BCUT2D eigenvalue weighted by Gasteiger charge is 2.23. The van der Waals surface area contributed by atoms with Gasteiger partial charge in [-0.05, 0) is 57.5 Å². The minimum atomic E-state index is -3.09. The van der Waals surface area contributed by atoms with Crippen LogP contribution in [0.1, 0.15) is 65.2 Å². The molecule has 1 fully saturated rings. The van der Waals surface area contributed by atoms with E-state index < -0.39 is 10.0 Å². The van der Waals surface area contributed by atoms with E-state index in [2.05, 4.69) is 23.9 Å². The van der Waals surface area contributed by atoms with Crippen LogP contribution >= 0.6 is 0 Å². The summed E-state index contributed by atoms with van der Waals surface area (Å²) in [5.74, 6) is 1.07. The monoisotopic (exact) mass is 304 g/mol. The van der Waals surface area contributed by atoms with Gasteiger partial charge in [0.2, 0.25) is 10.0 Å². The van der Waals surface area contributed by atoms with E-state index in [9.17, 15) is 8.42 Å². The zero-order chi connectivity index (χ0) is 14.8. The molecule has 120 valence electrons. The average molecular weight is 305 g/mol. The first-order valence-electron chi connectivity index (χ1n) is 8.28. The van der Waals surface area contributed by atoms with Crippen molar-refractivity contribution in [1.82, 2.24) is 10.0 Å². The number of hydrogen-bond acceptors (Lipinski definition) is 3. The Morgan fingerprint density at radius 3 is 2.30 bits per heavy atom. The maximum atomic E-state index is 12.0. The lowest BCUT2D eigenvalue weighted by Gasteiger charge is -2.28. The molecule has 0 unspecified atom stereocenters. The van der Waals surface area contributed by atoms with Crippen molar-refractivity contribution in [3.8, 4) is 0 Å². The summed E-state index contributed by atoms with van der Waals surface area (Å²) >= 11 is 0. The average Bonchev–Trinajstić information content (AvgIpc) is 2.41. The van der Waals surface area contributed by atoms with E-state index in [1.54, 1.807) is 0 Å². The predicted molar refractivity (Wildman–Crippen MR) is 85.4 cm³/mol. The van der Waals surface area contributed by atoms with Gasteiger partial charge in [-0.25, -0.2) is 13.1 Å². The van der Waals surface area contributed by atoms with Crippen molar-refractivity contribution in [1.29, 1.82) is 0 Å². The molecule has 0 heterocycles. The van der Waals surface area contributed by atoms with Gasteiger partial charge >= 0.3 is 0 Å². The molecule has 5 heteroatoms. The Labute approximate surface area is 125 Å². The molecule has 1 rings (SSSR count). The van der Waals surface area contributed by atoms with Gasteiger partial charge in [0.15, 0.2) is 0 Å². The van der Waals surface area contributed by atoms with Gasteiger partial charge in [0.1, 0.15) is 0 Å². The molecule has 1 aliphatic carbocycles. The molecule has 4 nitrogen and oxygen atoms in total. The first-order valence-corrected chi connectivity index (χ1v) is 9.93. The third-order valence-electron chi connectivity index (χ3n) is 4.08. The minimum absolute atomic E-state index is 0.178. The highest BCUT2D eigenvalue weighted by molar-refractivity contribution is 7.89. The molecule has 1 aliphatic rings. The zero-order valence-corrected chi connectivity index (χ0v) is 14.0. The molecule has 0 saturated heterocycles. The Balaban J connectivity index is 2.19. The first kappa shape index (κ1) is 17.9. The molecule has 0 aliphatic heterocycles. The van der Waals surface area contributed by atoms with Crippen LogP contribution in [-0.4, -0.2) is 33.3 Å². The van der Waals surface area contributed by atoms with Crippen molar-refractivity contribution in [3.05, 3.63) is 0 Å². The molecule has 0 aromatic carbocycles. The molecule has 0 aromatic rings. The van der Waals surface area contributed by atoms with Gasteiger partial charge in [0.05, 0.1) is 5.75 Å². The maximum Gasteiger partial charge on any atom is 0.211 e. The number of hydrogen-bond donors (Lipinski definition) is 2. The van der Waals surface area contributed by atoms with E-state index >= 15 is 0 Å². The standard InChI is InChI=1S/C15H32N2O2S/c1-3-6-14-7-9-15(10-8-14)17-20(18,19)13-5-12-16-11-4-2/h14-17H,3-13H2,1-2H3. The lowest BCUT2D eigenvalue weighted by molar-refractivity contribution is 0.297. The van der Waals surface area contributed by atoms with E-state index in [1.807, 2.05) is 0 Å². The van der Waals surface area contributed by atoms with E-state index in [-0.39, 0.29) is 11.8 Å². The lowest BCUT2D eigenvalue weighted by Crippen LogP contribution is -2.39. The van der Waals surface area contributed by atoms with E-state index in [4.69, 9.17) is 0 Å². The van der Waals surface area contributed by atoms with Gasteiger partial charge < -0.3 is 5.32 Å². The second-order valence-corrected chi connectivity index (χ2v) is 7.92. The lowest BCUT2D eigenvalue weighted by atomic mass is 9.84. The van der Waals surface area contributed by atoms with E-state index in [0.29, 0.717) is 6.42 Å². The number of nitrogens with one attached hydrogen (secondary N) is 2. The SMILES string of the molecule is CCCNCCCS(=O)(=O)NC1CCC(CCC)CC1. The van der Waals surface area contributed by atoms with Crippen LogP contribution < -0.4 is 10.0 Å². The smallest absolute Gasteiger partial charge is 0.211 e. The summed E-state index contributed by atoms with van der Waals surface area (Å²) in [5.41, 5.74) is 0. The summed E-state index contributed by atoms with van der Waals surface area (Å²) in [4.78, 5) is 0. The van der Waals surface area contributed by atoms with Crippen LogP contribution in [0.2, 0.25) is 0 Å². The van der Waals surface area contributed by atoms with Crippen molar-refractivity contribution in [3.63, 3.8) is 0 Å². The van der Waals surface area contributed by atoms with Gasteiger partial charge in [0.25, 0.3) is 0 Å². The molecule has 0 aromatic heterocycles. The summed E-state index contributed by atoms with van der Waals surface area (Å²) in [6.45, 7) is 6.09. The number of rotatable bonds is 10. The molecule has 0 atom stereocenters. The Bertz CT molecular complexity index is 336. The van der Waals surface area contributed by atoms with E-state index in [1.165, 1.54) is 25.7 Å². The summed E-state index contributed by atoms with van der Waals surface area (Å²) < 4.78 is 26.9. The third kappa shape index (κ3) is 7.60. The van der Waals surface area contributed by atoms with Crippen LogP contribution in [0.25, 0.3) is 0 Å². The van der Waals surface area contributed by atoms with Crippen LogP contribution in [-0.2, 0) is 10.0 Å². The van der Waals surface area contributed by atoms with Gasteiger partial charge in [-0.1, -0.05) is 26.7 Å². The Morgan fingerprint density at radius 1 is 1.00 bits per heavy atom. The molecule has 20 heavy (non-hydrogen) atoms. The molecule has 2 N–H and O–H groups in total. The summed E-state index contributed by atoms with van der Waals surface area (Å²) in [6, 6.07) is 0.178. The predicted octanol–water partition coefficient (Wildman–Crippen LogP) is 2.65. The van der Waals surface area contributed by atoms with Crippen LogP contribution in [0.15, 0.2) is 0 Å². The summed E-state index contributed by atoms with van der Waals surface area (Å²) in [6.07, 6.45) is 8.70. The van der Waals surface area contributed by atoms with Crippen LogP contribution in [0.5, 0.6) is 0 Å². The van der Waals surface area contributed by atoms with E-state index in [0.717, 1.165) is 38.3 Å². The molecule has 0 spiro atoms. The Kier molecular flexibility index (Phi) is 8.73. The van der Waals surface area contributed by atoms with Crippen molar-refractivity contribution < 1.29 is 8.42 Å². The first-order chi connectivity index (χ1) is 9.57. The highest BCUT2D eigenvalue weighted by Crippen LogP contribution is 2.27. The second kappa shape index (κ2) is 9.74. The quantitative estimate of drug-likeness (QED) is 0.610. The van der Waals surface area contributed by atoms with Crippen molar-refractivity contribution in [2.45, 2.75) is 71.3 Å². The van der Waals surface area contributed by atoms with Crippen LogP contribution in [0.3, 0.4) is 0 Å². The largest absolute Gasteiger partial charge is 0.317 e. The molecular weight excluding hydrogens is 272 g/mol. The van der Waals surface area contributed by atoms with Crippen molar-refractivity contribution in [2.75, 3.05) is 18.8 Å². The third-order valence-corrected chi connectivity index (χ3v) is 5.60. The fourth-order valence-corrected chi connectivity index (χ4v) is 4.36. The van der Waals surface area contributed by atoms with Gasteiger partial charge in [-0.2, -0.15) is 0 Å². The van der Waals surface area contributed by atoms with Gasteiger partial charge in [-0.15, -0.1) is 0 Å². The molecule has 0 amide bonds. The van der Waals surface area contributed by atoms with Crippen LogP contribution in [0, 0.1) is 5.92 Å². The van der Waals surface area contributed by atoms with Gasteiger partial charge in [-0.3, -0.25) is 0 Å². The second-order valence-electron chi connectivity index (χ2n) is 6.05. The topological polar surface area (TPSA) is 58.2 Å².